The third-order valence-corrected chi connectivity index (χ3v) is 1.10. The second-order valence-electron chi connectivity index (χ2n) is 3.19. The molecule has 0 aromatic carbocycles. The van der Waals surface area contributed by atoms with Crippen LogP contribution in [0.2, 0.25) is 0 Å². The molecule has 3 heteroatoms. The zero-order chi connectivity index (χ0) is 11.6. The van der Waals surface area contributed by atoms with E-state index in [0.717, 1.165) is 6.42 Å². The van der Waals surface area contributed by atoms with Gasteiger partial charge in [0, 0.05) is 19.7 Å². The molecule has 0 unspecified atom stereocenters. The molecule has 0 amide bonds. The fraction of sp³-hybridized carbons (Fsp3) is 0.727. The third kappa shape index (κ3) is 11.2. The van der Waals surface area contributed by atoms with Crippen molar-refractivity contribution in [2.24, 2.45) is 0 Å². The molecule has 0 aliphatic carbocycles. The molecule has 0 saturated carbocycles. The van der Waals surface area contributed by atoms with Crippen LogP contribution in [0.25, 0.3) is 0 Å². The standard InChI is InChI=1S/C8H15NO2.C3H8/c1-5-6-7(2)8(10)11-9(3)4;1-3-2/h6H,5H2,1-4H3;3H2,1-2H3. The van der Waals surface area contributed by atoms with Gasteiger partial charge in [0.05, 0.1) is 0 Å². The van der Waals surface area contributed by atoms with Crippen molar-refractivity contribution >= 4 is 5.97 Å². The summed E-state index contributed by atoms with van der Waals surface area (Å²) in [5.74, 6) is -0.281. The summed E-state index contributed by atoms with van der Waals surface area (Å²) in [6.45, 7) is 7.97. The highest BCUT2D eigenvalue weighted by molar-refractivity contribution is 5.87. The van der Waals surface area contributed by atoms with Crippen LogP contribution in [0, 0.1) is 0 Å². The van der Waals surface area contributed by atoms with E-state index in [4.69, 9.17) is 4.84 Å². The van der Waals surface area contributed by atoms with E-state index in [2.05, 4.69) is 13.8 Å². The molecule has 0 aliphatic heterocycles. The Hall–Kier alpha value is -0.830. The lowest BCUT2D eigenvalue weighted by Gasteiger charge is -2.09. The van der Waals surface area contributed by atoms with E-state index in [-0.39, 0.29) is 5.97 Å². The summed E-state index contributed by atoms with van der Waals surface area (Å²) < 4.78 is 0. The number of hydrogen-bond acceptors (Lipinski definition) is 3. The van der Waals surface area contributed by atoms with Gasteiger partial charge in [-0.05, 0) is 13.3 Å². The van der Waals surface area contributed by atoms with E-state index < -0.39 is 0 Å². The van der Waals surface area contributed by atoms with E-state index in [1.807, 2.05) is 13.0 Å². The zero-order valence-corrected chi connectivity index (χ0v) is 10.3. The maximum atomic E-state index is 11.0. The summed E-state index contributed by atoms with van der Waals surface area (Å²) in [5.41, 5.74) is 0.654. The van der Waals surface area contributed by atoms with Gasteiger partial charge in [0.25, 0.3) is 0 Å². The average molecular weight is 201 g/mol. The number of allylic oxidation sites excluding steroid dienone is 1. The van der Waals surface area contributed by atoms with Crippen molar-refractivity contribution in [3.63, 3.8) is 0 Å². The lowest BCUT2D eigenvalue weighted by atomic mass is 10.2. The predicted molar refractivity (Wildman–Crippen MR) is 59.8 cm³/mol. The molecule has 0 rings (SSSR count). The first-order chi connectivity index (χ1) is 6.49. The van der Waals surface area contributed by atoms with Crippen molar-refractivity contribution < 1.29 is 9.63 Å². The monoisotopic (exact) mass is 201 g/mol. The van der Waals surface area contributed by atoms with Gasteiger partial charge in [-0.1, -0.05) is 33.3 Å². The first-order valence-electron chi connectivity index (χ1n) is 5.05. The van der Waals surface area contributed by atoms with E-state index in [1.54, 1.807) is 21.0 Å². The largest absolute Gasteiger partial charge is 0.365 e. The third-order valence-electron chi connectivity index (χ3n) is 1.10. The lowest BCUT2D eigenvalue weighted by Crippen LogP contribution is -2.18. The summed E-state index contributed by atoms with van der Waals surface area (Å²) >= 11 is 0. The smallest absolute Gasteiger partial charge is 0.352 e. The molecule has 0 N–H and O–H groups in total. The molecule has 0 bridgehead atoms. The number of hydroxylamine groups is 2. The van der Waals surface area contributed by atoms with Crippen LogP contribution in [-0.4, -0.2) is 25.1 Å². The Bertz CT molecular complexity index is 174. The Morgan fingerprint density at radius 3 is 2.00 bits per heavy atom. The molecule has 0 fully saturated rings. The van der Waals surface area contributed by atoms with E-state index in [9.17, 15) is 4.79 Å². The Balaban J connectivity index is 0. The van der Waals surface area contributed by atoms with Crippen LogP contribution < -0.4 is 0 Å². The Morgan fingerprint density at radius 2 is 1.71 bits per heavy atom. The maximum Gasteiger partial charge on any atom is 0.352 e. The highest BCUT2D eigenvalue weighted by atomic mass is 16.7. The van der Waals surface area contributed by atoms with Crippen LogP contribution in [0.15, 0.2) is 11.6 Å². The molecular weight excluding hydrogens is 178 g/mol. The van der Waals surface area contributed by atoms with Crippen molar-refractivity contribution in [1.82, 2.24) is 5.06 Å². The van der Waals surface area contributed by atoms with Crippen molar-refractivity contribution in [2.75, 3.05) is 14.1 Å². The van der Waals surface area contributed by atoms with Crippen molar-refractivity contribution in [3.05, 3.63) is 11.6 Å². The lowest BCUT2D eigenvalue weighted by molar-refractivity contribution is -0.172. The number of rotatable bonds is 3. The quantitative estimate of drug-likeness (QED) is 0.519. The summed E-state index contributed by atoms with van der Waals surface area (Å²) in [4.78, 5) is 15.8. The number of carbonyl (C=O) groups excluding carboxylic acids is 1. The highest BCUT2D eigenvalue weighted by Crippen LogP contribution is 1.98. The predicted octanol–water partition coefficient (Wildman–Crippen LogP) is 2.78. The van der Waals surface area contributed by atoms with Crippen LogP contribution >= 0.6 is 0 Å². The average Bonchev–Trinajstić information content (AvgIpc) is 2.04. The summed E-state index contributed by atoms with van der Waals surface area (Å²) in [7, 11) is 3.36. The molecule has 14 heavy (non-hydrogen) atoms. The van der Waals surface area contributed by atoms with Crippen molar-refractivity contribution in [2.45, 2.75) is 40.5 Å². The molecule has 0 aliphatic rings. The van der Waals surface area contributed by atoms with E-state index in [0.29, 0.717) is 5.57 Å². The fourth-order valence-electron chi connectivity index (χ4n) is 0.627. The van der Waals surface area contributed by atoms with Gasteiger partial charge < -0.3 is 4.84 Å². The van der Waals surface area contributed by atoms with Gasteiger partial charge in [-0.3, -0.25) is 0 Å². The van der Waals surface area contributed by atoms with Crippen LogP contribution in [0.4, 0.5) is 0 Å². The Kier molecular flexibility index (Phi) is 11.4. The second-order valence-corrected chi connectivity index (χ2v) is 3.19. The molecule has 0 spiro atoms. The van der Waals surface area contributed by atoms with Crippen LogP contribution in [-0.2, 0) is 9.63 Å². The topological polar surface area (TPSA) is 29.5 Å². The molecule has 0 aromatic heterocycles. The number of hydrogen-bond donors (Lipinski definition) is 0. The first kappa shape index (κ1) is 15.6. The normalized spacial score (nSPS) is 10.6. The van der Waals surface area contributed by atoms with Crippen LogP contribution in [0.3, 0.4) is 0 Å². The van der Waals surface area contributed by atoms with Gasteiger partial charge in [0.2, 0.25) is 0 Å². The van der Waals surface area contributed by atoms with Crippen LogP contribution in [0.5, 0.6) is 0 Å². The molecular formula is C11H23NO2. The maximum absolute atomic E-state index is 11.0. The first-order valence-corrected chi connectivity index (χ1v) is 5.05. The number of nitrogens with zero attached hydrogens (tertiary/aromatic N) is 1. The van der Waals surface area contributed by atoms with E-state index in [1.165, 1.54) is 11.5 Å². The molecule has 0 saturated heterocycles. The molecule has 0 heterocycles. The van der Waals surface area contributed by atoms with Crippen LogP contribution in [0.1, 0.15) is 40.5 Å². The minimum atomic E-state index is -0.281. The number of carbonyl (C=O) groups is 1. The molecule has 0 atom stereocenters. The van der Waals surface area contributed by atoms with Gasteiger partial charge >= 0.3 is 5.97 Å². The highest BCUT2D eigenvalue weighted by Gasteiger charge is 2.05. The minimum Gasteiger partial charge on any atom is -0.365 e. The summed E-state index contributed by atoms with van der Waals surface area (Å²) in [5, 5.41) is 1.38. The fourth-order valence-corrected chi connectivity index (χ4v) is 0.627. The van der Waals surface area contributed by atoms with Gasteiger partial charge in [-0.2, -0.15) is 0 Å². The van der Waals surface area contributed by atoms with Gasteiger partial charge in [0.1, 0.15) is 0 Å². The van der Waals surface area contributed by atoms with Gasteiger partial charge in [-0.25, -0.2) is 4.79 Å². The summed E-state index contributed by atoms with van der Waals surface area (Å²) in [6, 6.07) is 0. The van der Waals surface area contributed by atoms with Gasteiger partial charge in [-0.15, -0.1) is 5.06 Å². The SMILES string of the molecule is CCC.CCC=C(C)C(=O)ON(C)C. The minimum absolute atomic E-state index is 0.281. The van der Waals surface area contributed by atoms with Crippen molar-refractivity contribution in [3.8, 4) is 0 Å². The zero-order valence-electron chi connectivity index (χ0n) is 10.3. The molecule has 0 radical (unpaired) electrons. The van der Waals surface area contributed by atoms with Crippen molar-refractivity contribution in [1.29, 1.82) is 0 Å². The molecule has 84 valence electrons. The van der Waals surface area contributed by atoms with E-state index >= 15 is 0 Å². The Morgan fingerprint density at radius 1 is 1.29 bits per heavy atom. The molecule has 3 nitrogen and oxygen atoms in total. The van der Waals surface area contributed by atoms with Gasteiger partial charge in [0.15, 0.2) is 0 Å². The Labute approximate surface area is 87.7 Å². The molecule has 0 aromatic rings. The second kappa shape index (κ2) is 10.3. The summed E-state index contributed by atoms with van der Waals surface area (Å²) in [6.07, 6.45) is 3.94.